The Kier molecular flexibility index (Phi) is 8.47. The molecule has 1 aliphatic rings. The highest BCUT2D eigenvalue weighted by Gasteiger charge is 2.47. The summed E-state index contributed by atoms with van der Waals surface area (Å²) in [7, 11) is 0. The quantitative estimate of drug-likeness (QED) is 0.797. The third kappa shape index (κ3) is 4.74. The fraction of sp³-hybridized carbons (Fsp3) is 0.444. The summed E-state index contributed by atoms with van der Waals surface area (Å²) in [5.41, 5.74) is 0.226. The van der Waals surface area contributed by atoms with Crippen LogP contribution in [0.3, 0.4) is 0 Å². The van der Waals surface area contributed by atoms with Gasteiger partial charge in [-0.05, 0) is 23.8 Å². The van der Waals surface area contributed by atoms with Crippen LogP contribution in [0.4, 0.5) is 13.2 Å². The van der Waals surface area contributed by atoms with Gasteiger partial charge in [-0.1, -0.05) is 30.3 Å². The Morgan fingerprint density at radius 1 is 1.08 bits per heavy atom. The molecule has 2 aromatic carbocycles. The minimum Gasteiger partial charge on any atom is -0.494 e. The molecule has 8 heteroatoms. The summed E-state index contributed by atoms with van der Waals surface area (Å²) in [6.07, 6.45) is -4.37. The molecule has 146 valence electrons. The molecule has 1 N–H and O–H groups in total. The van der Waals surface area contributed by atoms with E-state index in [0.717, 1.165) is 5.39 Å². The first-order chi connectivity index (χ1) is 11.5. The SMILES string of the molecule is CCOc1ccc2ccccc2c1[C@H](N1CCNCC1)C(F)(F)F.Cl.Cl. The van der Waals surface area contributed by atoms with Crippen molar-refractivity contribution in [2.75, 3.05) is 32.8 Å². The van der Waals surface area contributed by atoms with E-state index >= 15 is 0 Å². The molecule has 2 aromatic rings. The van der Waals surface area contributed by atoms with Crippen LogP contribution >= 0.6 is 24.8 Å². The van der Waals surface area contributed by atoms with Gasteiger partial charge in [0.2, 0.25) is 0 Å². The highest BCUT2D eigenvalue weighted by molar-refractivity contribution is 5.88. The van der Waals surface area contributed by atoms with Gasteiger partial charge in [0.05, 0.1) is 6.61 Å². The van der Waals surface area contributed by atoms with Crippen molar-refractivity contribution in [1.29, 1.82) is 0 Å². The van der Waals surface area contributed by atoms with Crippen LogP contribution in [0.15, 0.2) is 36.4 Å². The molecule has 1 heterocycles. The minimum atomic E-state index is -4.37. The van der Waals surface area contributed by atoms with Gasteiger partial charge in [-0.15, -0.1) is 24.8 Å². The average Bonchev–Trinajstić information content (AvgIpc) is 2.57. The van der Waals surface area contributed by atoms with E-state index in [9.17, 15) is 13.2 Å². The van der Waals surface area contributed by atoms with Crippen molar-refractivity contribution in [3.63, 3.8) is 0 Å². The number of alkyl halides is 3. The second-order valence-electron chi connectivity index (χ2n) is 5.86. The van der Waals surface area contributed by atoms with E-state index in [1.165, 1.54) is 4.90 Å². The Hall–Kier alpha value is -1.21. The van der Waals surface area contributed by atoms with Gasteiger partial charge >= 0.3 is 6.18 Å². The van der Waals surface area contributed by atoms with Gasteiger partial charge in [0.1, 0.15) is 11.8 Å². The predicted molar refractivity (Wildman–Crippen MR) is 103 cm³/mol. The van der Waals surface area contributed by atoms with Crippen LogP contribution in [0, 0.1) is 0 Å². The molecule has 1 aliphatic heterocycles. The summed E-state index contributed by atoms with van der Waals surface area (Å²) < 4.78 is 47.6. The summed E-state index contributed by atoms with van der Waals surface area (Å²) >= 11 is 0. The average molecular weight is 411 g/mol. The van der Waals surface area contributed by atoms with Crippen LogP contribution in [0.25, 0.3) is 10.8 Å². The first-order valence-electron chi connectivity index (χ1n) is 8.18. The van der Waals surface area contributed by atoms with Crippen molar-refractivity contribution in [1.82, 2.24) is 10.2 Å². The number of fused-ring (bicyclic) bond motifs is 1. The van der Waals surface area contributed by atoms with Crippen LogP contribution in [0.5, 0.6) is 5.75 Å². The van der Waals surface area contributed by atoms with Crippen LogP contribution in [0.1, 0.15) is 18.5 Å². The Morgan fingerprint density at radius 2 is 1.73 bits per heavy atom. The summed E-state index contributed by atoms with van der Waals surface area (Å²) in [6.45, 7) is 3.95. The Bertz CT molecular complexity index is 706. The maximum Gasteiger partial charge on any atom is 0.408 e. The topological polar surface area (TPSA) is 24.5 Å². The van der Waals surface area contributed by atoms with Crippen molar-refractivity contribution in [2.45, 2.75) is 19.1 Å². The lowest BCUT2D eigenvalue weighted by atomic mass is 9.95. The Balaban J connectivity index is 0.00000169. The summed E-state index contributed by atoms with van der Waals surface area (Å²) in [4.78, 5) is 1.50. The van der Waals surface area contributed by atoms with E-state index in [-0.39, 0.29) is 30.4 Å². The molecule has 1 atom stereocenters. The molecule has 0 bridgehead atoms. The molecule has 0 spiro atoms. The Morgan fingerprint density at radius 3 is 2.35 bits per heavy atom. The highest BCUT2D eigenvalue weighted by Crippen LogP contribution is 2.44. The molecular formula is C18H23Cl2F3N2O. The molecule has 0 aliphatic carbocycles. The standard InChI is InChI=1S/C18H21F3N2O.2ClH/c1-2-24-15-8-7-13-5-3-4-6-14(13)16(15)17(18(19,20)21)23-11-9-22-10-12-23;;/h3-8,17,22H,2,9-12H2,1H3;2*1H/t17-;;/m0../s1. The monoisotopic (exact) mass is 410 g/mol. The fourth-order valence-electron chi connectivity index (χ4n) is 3.33. The molecule has 0 amide bonds. The highest BCUT2D eigenvalue weighted by atomic mass is 35.5. The molecule has 0 radical (unpaired) electrons. The third-order valence-electron chi connectivity index (χ3n) is 4.33. The zero-order chi connectivity index (χ0) is 17.2. The number of halogens is 5. The van der Waals surface area contributed by atoms with Gasteiger partial charge in [-0.2, -0.15) is 13.2 Å². The molecule has 26 heavy (non-hydrogen) atoms. The maximum atomic E-state index is 14.0. The number of hydrogen-bond acceptors (Lipinski definition) is 3. The zero-order valence-electron chi connectivity index (χ0n) is 14.4. The normalized spacial score (nSPS) is 16.5. The van der Waals surface area contributed by atoms with Crippen molar-refractivity contribution >= 4 is 35.6 Å². The van der Waals surface area contributed by atoms with Crippen LogP contribution in [-0.2, 0) is 0 Å². The lowest BCUT2D eigenvalue weighted by Gasteiger charge is -2.37. The minimum absolute atomic E-state index is 0. The smallest absolute Gasteiger partial charge is 0.408 e. The van der Waals surface area contributed by atoms with Gasteiger partial charge in [0.15, 0.2) is 0 Å². The van der Waals surface area contributed by atoms with Crippen molar-refractivity contribution in [3.8, 4) is 5.75 Å². The summed E-state index contributed by atoms with van der Waals surface area (Å²) in [5, 5.41) is 4.50. The number of ether oxygens (including phenoxy) is 1. The maximum absolute atomic E-state index is 14.0. The molecule has 3 rings (SSSR count). The summed E-state index contributed by atoms with van der Waals surface area (Å²) in [5.74, 6) is 0.317. The van der Waals surface area contributed by atoms with Gasteiger partial charge in [-0.3, -0.25) is 4.90 Å². The molecule has 0 saturated carbocycles. The fourth-order valence-corrected chi connectivity index (χ4v) is 3.33. The second-order valence-corrected chi connectivity index (χ2v) is 5.86. The molecule has 1 saturated heterocycles. The number of nitrogens with one attached hydrogen (secondary N) is 1. The second kappa shape index (κ2) is 9.65. The third-order valence-corrected chi connectivity index (χ3v) is 4.33. The Labute approximate surface area is 163 Å². The molecule has 3 nitrogen and oxygen atoms in total. The number of rotatable bonds is 4. The molecular weight excluding hydrogens is 388 g/mol. The lowest BCUT2D eigenvalue weighted by Crippen LogP contribution is -2.49. The van der Waals surface area contributed by atoms with Gasteiger partial charge in [0, 0.05) is 31.7 Å². The van der Waals surface area contributed by atoms with Crippen molar-refractivity contribution in [3.05, 3.63) is 42.0 Å². The summed E-state index contributed by atoms with van der Waals surface area (Å²) in [6, 6.07) is 8.99. The first kappa shape index (κ1) is 22.8. The predicted octanol–water partition coefficient (Wildman–Crippen LogP) is 4.59. The number of benzene rings is 2. The van der Waals surface area contributed by atoms with Gasteiger partial charge in [-0.25, -0.2) is 0 Å². The first-order valence-corrected chi connectivity index (χ1v) is 8.18. The van der Waals surface area contributed by atoms with E-state index < -0.39 is 12.2 Å². The van der Waals surface area contributed by atoms with E-state index in [0.29, 0.717) is 43.9 Å². The van der Waals surface area contributed by atoms with Crippen molar-refractivity contribution in [2.24, 2.45) is 0 Å². The molecule has 0 aromatic heterocycles. The van der Waals surface area contributed by atoms with Gasteiger partial charge < -0.3 is 10.1 Å². The largest absolute Gasteiger partial charge is 0.494 e. The lowest BCUT2D eigenvalue weighted by molar-refractivity contribution is -0.187. The van der Waals surface area contributed by atoms with Crippen LogP contribution in [0.2, 0.25) is 0 Å². The molecule has 0 unspecified atom stereocenters. The van der Waals surface area contributed by atoms with E-state index in [4.69, 9.17) is 4.74 Å². The zero-order valence-corrected chi connectivity index (χ0v) is 16.0. The number of nitrogens with zero attached hydrogens (tertiary/aromatic N) is 1. The van der Waals surface area contributed by atoms with E-state index in [1.807, 2.05) is 18.2 Å². The van der Waals surface area contributed by atoms with Gasteiger partial charge in [0.25, 0.3) is 0 Å². The van der Waals surface area contributed by atoms with E-state index in [1.54, 1.807) is 25.1 Å². The van der Waals surface area contributed by atoms with Crippen LogP contribution < -0.4 is 10.1 Å². The van der Waals surface area contributed by atoms with Crippen LogP contribution in [-0.4, -0.2) is 43.9 Å². The molecule has 1 fully saturated rings. The number of piperazine rings is 1. The van der Waals surface area contributed by atoms with E-state index in [2.05, 4.69) is 5.32 Å². The number of hydrogen-bond donors (Lipinski definition) is 1. The van der Waals surface area contributed by atoms with Crippen molar-refractivity contribution < 1.29 is 17.9 Å².